The molecule has 0 spiro atoms. The minimum atomic E-state index is -4.54. The number of nitro groups is 1. The fourth-order valence-electron chi connectivity index (χ4n) is 2.25. The largest absolute Gasteiger partial charge is 0.467 e. The second kappa shape index (κ2) is 10.2. The second-order valence-corrected chi connectivity index (χ2v) is 6.00. The zero-order valence-electron chi connectivity index (χ0n) is 16.0. The Balaban J connectivity index is 1.98. The summed E-state index contributed by atoms with van der Waals surface area (Å²) in [5.41, 5.74) is -0.563. The molecule has 0 aliphatic carbocycles. The van der Waals surface area contributed by atoms with Crippen molar-refractivity contribution in [1.29, 1.82) is 0 Å². The number of halogens is 3. The first-order valence-corrected chi connectivity index (χ1v) is 8.56. The van der Waals surface area contributed by atoms with Crippen molar-refractivity contribution >= 4 is 23.8 Å². The number of oxime groups is 1. The van der Waals surface area contributed by atoms with Crippen LogP contribution in [0.25, 0.3) is 0 Å². The molecular formula is C19H16F3N3O6. The van der Waals surface area contributed by atoms with Crippen LogP contribution >= 0.6 is 0 Å². The van der Waals surface area contributed by atoms with Crippen molar-refractivity contribution in [3.8, 4) is 0 Å². The fraction of sp³-hybridized carbons (Fsp3) is 0.211. The summed E-state index contributed by atoms with van der Waals surface area (Å²) in [4.78, 5) is 39.1. The number of amides is 1. The van der Waals surface area contributed by atoms with Gasteiger partial charge in [-0.15, -0.1) is 0 Å². The SMILES string of the molecule is COC(=O)C(/C=N/OCc1ccc([N+](=O)[O-])cc1)NC(=O)c1ccc(C(F)(F)F)cc1. The van der Waals surface area contributed by atoms with E-state index < -0.39 is 34.6 Å². The van der Waals surface area contributed by atoms with Crippen LogP contribution in [0, 0.1) is 10.1 Å². The number of benzene rings is 2. The molecule has 1 unspecified atom stereocenters. The Labute approximate surface area is 173 Å². The number of carbonyl (C=O) groups is 2. The van der Waals surface area contributed by atoms with Gasteiger partial charge in [0, 0.05) is 17.7 Å². The number of nitrogens with zero attached hydrogens (tertiary/aromatic N) is 2. The molecule has 1 amide bonds. The number of nitro benzene ring substituents is 1. The van der Waals surface area contributed by atoms with Crippen molar-refractivity contribution in [1.82, 2.24) is 5.32 Å². The number of methoxy groups -OCH3 is 1. The number of nitrogens with one attached hydrogen (secondary N) is 1. The Kier molecular flexibility index (Phi) is 7.66. The van der Waals surface area contributed by atoms with Crippen molar-refractivity contribution in [2.24, 2.45) is 5.16 Å². The molecule has 9 nitrogen and oxygen atoms in total. The van der Waals surface area contributed by atoms with Gasteiger partial charge in [-0.2, -0.15) is 13.2 Å². The van der Waals surface area contributed by atoms with Gasteiger partial charge >= 0.3 is 12.1 Å². The number of esters is 1. The average molecular weight is 439 g/mol. The summed E-state index contributed by atoms with van der Waals surface area (Å²) >= 11 is 0. The van der Waals surface area contributed by atoms with Crippen molar-refractivity contribution in [3.63, 3.8) is 0 Å². The van der Waals surface area contributed by atoms with Crippen LogP contribution in [0.15, 0.2) is 53.7 Å². The van der Waals surface area contributed by atoms with E-state index in [1.54, 1.807) is 0 Å². The van der Waals surface area contributed by atoms with Gasteiger partial charge in [0.15, 0.2) is 6.04 Å². The summed E-state index contributed by atoms with van der Waals surface area (Å²) in [6, 6.07) is 7.52. The van der Waals surface area contributed by atoms with Gasteiger partial charge in [-0.1, -0.05) is 5.16 Å². The van der Waals surface area contributed by atoms with Gasteiger partial charge in [0.25, 0.3) is 11.6 Å². The first-order chi connectivity index (χ1) is 14.6. The highest BCUT2D eigenvalue weighted by Gasteiger charge is 2.30. The lowest BCUT2D eigenvalue weighted by Crippen LogP contribution is -2.42. The minimum Gasteiger partial charge on any atom is -0.467 e. The molecule has 2 aromatic rings. The zero-order chi connectivity index (χ0) is 23.0. The molecule has 0 aliphatic heterocycles. The number of ether oxygens (including phenoxy) is 1. The van der Waals surface area contributed by atoms with Gasteiger partial charge in [-0.3, -0.25) is 14.9 Å². The summed E-state index contributed by atoms with van der Waals surface area (Å²) in [6.07, 6.45) is -3.60. The van der Waals surface area contributed by atoms with E-state index in [1.807, 2.05) is 0 Å². The Bertz CT molecular complexity index is 959. The summed E-state index contributed by atoms with van der Waals surface area (Å²) < 4.78 is 42.4. The molecule has 2 rings (SSSR count). The highest BCUT2D eigenvalue weighted by Crippen LogP contribution is 2.29. The first-order valence-electron chi connectivity index (χ1n) is 8.56. The number of non-ortho nitro benzene ring substituents is 1. The van der Waals surface area contributed by atoms with Crippen LogP contribution in [0.4, 0.5) is 18.9 Å². The summed E-state index contributed by atoms with van der Waals surface area (Å²) in [7, 11) is 1.07. The number of hydrogen-bond acceptors (Lipinski definition) is 7. The summed E-state index contributed by atoms with van der Waals surface area (Å²) in [6.45, 7) is -0.0742. The van der Waals surface area contributed by atoms with E-state index in [4.69, 9.17) is 4.84 Å². The van der Waals surface area contributed by atoms with Gasteiger partial charge in [-0.05, 0) is 42.0 Å². The fourth-order valence-corrected chi connectivity index (χ4v) is 2.25. The Morgan fingerprint density at radius 1 is 1.16 bits per heavy atom. The molecule has 2 aromatic carbocycles. The number of rotatable bonds is 8. The Morgan fingerprint density at radius 2 is 1.77 bits per heavy atom. The third-order valence-electron chi connectivity index (χ3n) is 3.88. The Morgan fingerprint density at radius 3 is 2.29 bits per heavy atom. The maximum Gasteiger partial charge on any atom is 0.416 e. The van der Waals surface area contributed by atoms with Crippen molar-refractivity contribution in [2.75, 3.05) is 7.11 Å². The smallest absolute Gasteiger partial charge is 0.416 e. The maximum atomic E-state index is 12.6. The van der Waals surface area contributed by atoms with Crippen LogP contribution in [-0.4, -0.2) is 36.2 Å². The van der Waals surface area contributed by atoms with E-state index in [-0.39, 0.29) is 17.9 Å². The van der Waals surface area contributed by atoms with E-state index in [2.05, 4.69) is 15.2 Å². The lowest BCUT2D eigenvalue weighted by Gasteiger charge is -2.13. The second-order valence-electron chi connectivity index (χ2n) is 6.00. The van der Waals surface area contributed by atoms with Crippen molar-refractivity contribution in [3.05, 3.63) is 75.3 Å². The zero-order valence-corrected chi connectivity index (χ0v) is 16.0. The van der Waals surface area contributed by atoms with Crippen LogP contribution in [0.1, 0.15) is 21.5 Å². The van der Waals surface area contributed by atoms with Gasteiger partial charge < -0.3 is 14.9 Å². The maximum absolute atomic E-state index is 12.6. The van der Waals surface area contributed by atoms with E-state index >= 15 is 0 Å². The molecule has 0 saturated heterocycles. The molecule has 0 aliphatic rings. The lowest BCUT2D eigenvalue weighted by atomic mass is 10.1. The monoisotopic (exact) mass is 439 g/mol. The van der Waals surface area contributed by atoms with E-state index in [0.29, 0.717) is 5.56 Å². The quantitative estimate of drug-likeness (QED) is 0.292. The third kappa shape index (κ3) is 6.80. The molecular weight excluding hydrogens is 423 g/mol. The Hall–Kier alpha value is -3.96. The topological polar surface area (TPSA) is 120 Å². The van der Waals surface area contributed by atoms with E-state index in [1.165, 1.54) is 24.3 Å². The van der Waals surface area contributed by atoms with Crippen LogP contribution in [0.5, 0.6) is 0 Å². The third-order valence-corrected chi connectivity index (χ3v) is 3.88. The first kappa shape index (κ1) is 23.3. The van der Waals surface area contributed by atoms with Crippen LogP contribution in [-0.2, 0) is 27.2 Å². The molecule has 164 valence electrons. The van der Waals surface area contributed by atoms with Gasteiger partial charge in [-0.25, -0.2) is 4.79 Å². The van der Waals surface area contributed by atoms with Crippen LogP contribution in [0.2, 0.25) is 0 Å². The molecule has 0 radical (unpaired) electrons. The molecule has 0 bridgehead atoms. The van der Waals surface area contributed by atoms with E-state index in [9.17, 15) is 32.9 Å². The van der Waals surface area contributed by atoms with Crippen molar-refractivity contribution in [2.45, 2.75) is 18.8 Å². The summed E-state index contributed by atoms with van der Waals surface area (Å²) in [5, 5.41) is 16.4. The number of alkyl halides is 3. The molecule has 1 atom stereocenters. The lowest BCUT2D eigenvalue weighted by molar-refractivity contribution is -0.384. The molecule has 0 saturated carbocycles. The molecule has 0 aromatic heterocycles. The molecule has 0 fully saturated rings. The van der Waals surface area contributed by atoms with Gasteiger partial charge in [0.2, 0.25) is 0 Å². The molecule has 1 N–H and O–H groups in total. The molecule has 12 heteroatoms. The summed E-state index contributed by atoms with van der Waals surface area (Å²) in [5.74, 6) is -1.71. The standard InChI is InChI=1S/C19H16F3N3O6/c1-30-18(27)16(10-23-31-11-12-2-8-15(9-3-12)25(28)29)24-17(26)13-4-6-14(7-5-13)19(20,21)22/h2-10,16H,11H2,1H3,(H,24,26)/b23-10+. The molecule has 31 heavy (non-hydrogen) atoms. The van der Waals surface area contributed by atoms with Gasteiger partial charge in [0.1, 0.15) is 6.61 Å². The van der Waals surface area contributed by atoms with E-state index in [0.717, 1.165) is 37.6 Å². The predicted octanol–water partition coefficient (Wildman–Crippen LogP) is 3.09. The predicted molar refractivity (Wildman–Crippen MR) is 101 cm³/mol. The van der Waals surface area contributed by atoms with Gasteiger partial charge in [0.05, 0.1) is 23.8 Å². The minimum absolute atomic E-state index is 0.0742. The van der Waals surface area contributed by atoms with Crippen molar-refractivity contribution < 1.29 is 37.3 Å². The normalized spacial score (nSPS) is 12.3. The average Bonchev–Trinajstić information content (AvgIpc) is 2.75. The molecule has 0 heterocycles. The van der Waals surface area contributed by atoms with Crippen LogP contribution < -0.4 is 5.32 Å². The number of carbonyl (C=O) groups excluding carboxylic acids is 2. The highest BCUT2D eigenvalue weighted by molar-refractivity contribution is 6.02. The number of hydrogen-bond donors (Lipinski definition) is 1. The highest BCUT2D eigenvalue weighted by atomic mass is 19.4. The van der Waals surface area contributed by atoms with Crippen LogP contribution in [0.3, 0.4) is 0 Å².